The van der Waals surface area contributed by atoms with E-state index in [-0.39, 0.29) is 12.2 Å². The van der Waals surface area contributed by atoms with Gasteiger partial charge in [0.05, 0.1) is 12.1 Å². The fraction of sp³-hybridized carbons (Fsp3) is 0.333. The zero-order chi connectivity index (χ0) is 10.8. The number of Topliss-reactive ketones (excluding diaryl/α,β-unsaturated/α-hetero) is 1. The minimum absolute atomic E-state index is 0.0822. The van der Waals surface area contributed by atoms with Gasteiger partial charge in [-0.3, -0.25) is 9.89 Å². The molecule has 78 valence electrons. The summed E-state index contributed by atoms with van der Waals surface area (Å²) in [6.45, 7) is 3.93. The predicted octanol–water partition coefficient (Wildman–Crippen LogP) is 1.30. The molecule has 15 heavy (non-hydrogen) atoms. The van der Waals surface area contributed by atoms with Gasteiger partial charge in [-0.15, -0.1) is 11.3 Å². The standard InChI is InChI=1S/C9H10N4OS/c1-5-6(2)15-8(12-5)3-7(14)9-10-4-11-13-9/h4H,3H2,1-2H3,(H,10,11,13). The Morgan fingerprint density at radius 3 is 2.87 bits per heavy atom. The Hall–Kier alpha value is -1.56. The first-order valence-corrected chi connectivity index (χ1v) is 5.30. The second-order valence-electron chi connectivity index (χ2n) is 3.18. The number of aryl methyl sites for hydroxylation is 2. The molecule has 0 amide bonds. The van der Waals surface area contributed by atoms with E-state index in [9.17, 15) is 4.79 Å². The molecule has 5 nitrogen and oxygen atoms in total. The molecule has 2 heterocycles. The van der Waals surface area contributed by atoms with Gasteiger partial charge in [0.2, 0.25) is 5.78 Å². The van der Waals surface area contributed by atoms with Crippen molar-refractivity contribution in [3.8, 4) is 0 Å². The smallest absolute Gasteiger partial charge is 0.206 e. The Balaban J connectivity index is 2.13. The molecule has 0 fully saturated rings. The summed E-state index contributed by atoms with van der Waals surface area (Å²) in [5.74, 6) is 0.210. The largest absolute Gasteiger partial charge is 0.290 e. The van der Waals surface area contributed by atoms with Crippen LogP contribution in [0.4, 0.5) is 0 Å². The molecule has 0 saturated carbocycles. The van der Waals surface area contributed by atoms with Gasteiger partial charge in [-0.1, -0.05) is 0 Å². The molecular formula is C9H10N4OS. The van der Waals surface area contributed by atoms with E-state index in [4.69, 9.17) is 0 Å². The summed E-state index contributed by atoms with van der Waals surface area (Å²) in [5.41, 5.74) is 0.986. The van der Waals surface area contributed by atoms with E-state index in [1.807, 2.05) is 13.8 Å². The summed E-state index contributed by atoms with van der Waals surface area (Å²) in [6, 6.07) is 0. The van der Waals surface area contributed by atoms with E-state index >= 15 is 0 Å². The first-order chi connectivity index (χ1) is 7.16. The van der Waals surface area contributed by atoms with Crippen LogP contribution >= 0.6 is 11.3 Å². The monoisotopic (exact) mass is 222 g/mol. The number of hydrogen-bond donors (Lipinski definition) is 1. The third kappa shape index (κ3) is 2.10. The zero-order valence-electron chi connectivity index (χ0n) is 8.44. The molecule has 0 saturated heterocycles. The molecule has 0 unspecified atom stereocenters. The number of aromatic nitrogens is 4. The molecule has 0 spiro atoms. The highest BCUT2D eigenvalue weighted by Gasteiger charge is 2.13. The fourth-order valence-electron chi connectivity index (χ4n) is 1.18. The van der Waals surface area contributed by atoms with Crippen LogP contribution in [0.1, 0.15) is 26.2 Å². The minimum atomic E-state index is -0.0822. The third-order valence-corrected chi connectivity index (χ3v) is 3.14. The Morgan fingerprint density at radius 1 is 1.53 bits per heavy atom. The summed E-state index contributed by atoms with van der Waals surface area (Å²) in [4.78, 5) is 20.9. The quantitative estimate of drug-likeness (QED) is 0.795. The maximum Gasteiger partial charge on any atom is 0.206 e. The van der Waals surface area contributed by atoms with Gasteiger partial charge in [-0.05, 0) is 13.8 Å². The number of carbonyl (C=O) groups is 1. The van der Waals surface area contributed by atoms with Crippen molar-refractivity contribution in [3.05, 3.63) is 27.7 Å². The number of H-pyrrole nitrogens is 1. The van der Waals surface area contributed by atoms with Crippen molar-refractivity contribution in [1.29, 1.82) is 0 Å². The summed E-state index contributed by atoms with van der Waals surface area (Å²) in [6.07, 6.45) is 1.61. The first-order valence-electron chi connectivity index (χ1n) is 4.48. The maximum atomic E-state index is 11.6. The second kappa shape index (κ2) is 3.90. The highest BCUT2D eigenvalue weighted by Crippen LogP contribution is 2.17. The second-order valence-corrected chi connectivity index (χ2v) is 4.47. The average Bonchev–Trinajstić information content (AvgIpc) is 2.77. The number of aromatic amines is 1. The SMILES string of the molecule is Cc1nc(CC(=O)c2ncn[nH]2)sc1C. The van der Waals surface area contributed by atoms with Crippen LogP contribution < -0.4 is 0 Å². The van der Waals surface area contributed by atoms with E-state index in [0.717, 1.165) is 15.6 Å². The van der Waals surface area contributed by atoms with Crippen LogP contribution in [0.2, 0.25) is 0 Å². The number of ketones is 1. The van der Waals surface area contributed by atoms with Gasteiger partial charge in [0, 0.05) is 4.88 Å². The third-order valence-electron chi connectivity index (χ3n) is 2.06. The molecular weight excluding hydrogens is 212 g/mol. The predicted molar refractivity (Wildman–Crippen MR) is 56.0 cm³/mol. The van der Waals surface area contributed by atoms with Gasteiger partial charge in [0.25, 0.3) is 0 Å². The van der Waals surface area contributed by atoms with Gasteiger partial charge >= 0.3 is 0 Å². The van der Waals surface area contributed by atoms with Gasteiger partial charge in [0.1, 0.15) is 11.3 Å². The van der Waals surface area contributed by atoms with Gasteiger partial charge in [0.15, 0.2) is 5.82 Å². The van der Waals surface area contributed by atoms with E-state index in [1.165, 1.54) is 6.33 Å². The lowest BCUT2D eigenvalue weighted by Crippen LogP contribution is -2.05. The molecule has 0 aliphatic heterocycles. The van der Waals surface area contributed by atoms with Gasteiger partial charge in [-0.2, -0.15) is 5.10 Å². The molecule has 0 radical (unpaired) electrons. The van der Waals surface area contributed by atoms with E-state index < -0.39 is 0 Å². The van der Waals surface area contributed by atoms with Crippen LogP contribution in [0.3, 0.4) is 0 Å². The molecule has 2 rings (SSSR count). The van der Waals surface area contributed by atoms with Crippen LogP contribution in [0, 0.1) is 13.8 Å². The maximum absolute atomic E-state index is 11.6. The van der Waals surface area contributed by atoms with Crippen LogP contribution in [0.5, 0.6) is 0 Å². The Morgan fingerprint density at radius 2 is 2.33 bits per heavy atom. The lowest BCUT2D eigenvalue weighted by Gasteiger charge is -1.91. The normalized spacial score (nSPS) is 10.5. The van der Waals surface area contributed by atoms with Gasteiger partial charge in [-0.25, -0.2) is 9.97 Å². The van der Waals surface area contributed by atoms with Crippen molar-refractivity contribution in [2.45, 2.75) is 20.3 Å². The van der Waals surface area contributed by atoms with Crippen molar-refractivity contribution >= 4 is 17.1 Å². The Kier molecular flexibility index (Phi) is 2.59. The van der Waals surface area contributed by atoms with Crippen molar-refractivity contribution < 1.29 is 4.79 Å². The summed E-state index contributed by atoms with van der Waals surface area (Å²) in [7, 11) is 0. The number of hydrogen-bond acceptors (Lipinski definition) is 5. The van der Waals surface area contributed by atoms with Crippen molar-refractivity contribution in [2.24, 2.45) is 0 Å². The molecule has 1 N–H and O–H groups in total. The molecule has 0 aliphatic rings. The molecule has 2 aromatic rings. The number of rotatable bonds is 3. The van der Waals surface area contributed by atoms with Crippen LogP contribution in [0.25, 0.3) is 0 Å². The van der Waals surface area contributed by atoms with E-state index in [0.29, 0.717) is 5.82 Å². The topological polar surface area (TPSA) is 71.5 Å². The van der Waals surface area contributed by atoms with Crippen LogP contribution in [-0.4, -0.2) is 25.9 Å². The Bertz CT molecular complexity index is 455. The highest BCUT2D eigenvalue weighted by atomic mass is 32.1. The molecule has 0 aromatic carbocycles. The molecule has 0 aliphatic carbocycles. The molecule has 0 atom stereocenters. The zero-order valence-corrected chi connectivity index (χ0v) is 9.26. The lowest BCUT2D eigenvalue weighted by atomic mass is 10.3. The van der Waals surface area contributed by atoms with Crippen molar-refractivity contribution in [2.75, 3.05) is 0 Å². The number of carbonyl (C=O) groups excluding carboxylic acids is 1. The molecule has 6 heteroatoms. The number of nitrogens with one attached hydrogen (secondary N) is 1. The minimum Gasteiger partial charge on any atom is -0.290 e. The molecule has 2 aromatic heterocycles. The lowest BCUT2D eigenvalue weighted by molar-refractivity contribution is 0.0983. The van der Waals surface area contributed by atoms with Crippen LogP contribution in [0.15, 0.2) is 6.33 Å². The van der Waals surface area contributed by atoms with E-state index in [1.54, 1.807) is 11.3 Å². The number of nitrogens with zero attached hydrogens (tertiary/aromatic N) is 3. The summed E-state index contributed by atoms with van der Waals surface area (Å²) in [5, 5.41) is 7.00. The summed E-state index contributed by atoms with van der Waals surface area (Å²) < 4.78 is 0. The van der Waals surface area contributed by atoms with Gasteiger partial charge < -0.3 is 0 Å². The Labute approximate surface area is 90.6 Å². The molecule has 0 bridgehead atoms. The highest BCUT2D eigenvalue weighted by molar-refractivity contribution is 7.11. The van der Waals surface area contributed by atoms with Crippen molar-refractivity contribution in [3.63, 3.8) is 0 Å². The number of thiazole rings is 1. The van der Waals surface area contributed by atoms with E-state index in [2.05, 4.69) is 20.2 Å². The van der Waals surface area contributed by atoms with Crippen molar-refractivity contribution in [1.82, 2.24) is 20.2 Å². The summed E-state index contributed by atoms with van der Waals surface area (Å²) >= 11 is 1.55. The van der Waals surface area contributed by atoms with Crippen LogP contribution in [-0.2, 0) is 6.42 Å². The average molecular weight is 222 g/mol. The first kappa shape index (κ1) is 9.97. The fourth-order valence-corrected chi connectivity index (χ4v) is 2.11.